The molecule has 0 bridgehead atoms. The minimum Gasteiger partial charge on any atom is -0.354 e. The molecule has 166 valence electrons. The lowest BCUT2D eigenvalue weighted by Gasteiger charge is -2.15. The zero-order chi connectivity index (χ0) is 22.3. The summed E-state index contributed by atoms with van der Waals surface area (Å²) in [5.74, 6) is 0.594. The van der Waals surface area contributed by atoms with Gasteiger partial charge in [0.2, 0.25) is 11.8 Å². The fourth-order valence-corrected chi connectivity index (χ4v) is 5.03. The highest BCUT2D eigenvalue weighted by Gasteiger charge is 2.22. The van der Waals surface area contributed by atoms with Crippen LogP contribution in [0.15, 0.2) is 4.79 Å². The molecule has 0 spiro atoms. The van der Waals surface area contributed by atoms with Crippen molar-refractivity contribution in [1.82, 2.24) is 29.4 Å². The van der Waals surface area contributed by atoms with Crippen LogP contribution in [-0.2, 0) is 16.1 Å². The van der Waals surface area contributed by atoms with Gasteiger partial charge in [0.15, 0.2) is 5.65 Å². The van der Waals surface area contributed by atoms with Crippen molar-refractivity contribution in [2.75, 3.05) is 19.6 Å². The molecule has 3 aromatic heterocycles. The Balaban J connectivity index is 1.54. The molecule has 1 aliphatic rings. The molecule has 31 heavy (non-hydrogen) atoms. The molecule has 1 aliphatic heterocycles. The van der Waals surface area contributed by atoms with Crippen LogP contribution in [0, 0.1) is 13.8 Å². The molecule has 9 nitrogen and oxygen atoms in total. The summed E-state index contributed by atoms with van der Waals surface area (Å²) in [6, 6.07) is 0. The Morgan fingerprint density at radius 2 is 2.03 bits per heavy atom. The molecular formula is C21H28N6O3S. The van der Waals surface area contributed by atoms with Crippen LogP contribution in [0.3, 0.4) is 0 Å². The number of likely N-dealkylation sites (tertiary alicyclic amines) is 1. The molecule has 0 aromatic carbocycles. The number of thiophene rings is 1. The number of aryl methyl sites for hydroxylation is 2. The Morgan fingerprint density at radius 1 is 1.26 bits per heavy atom. The van der Waals surface area contributed by atoms with Gasteiger partial charge in [-0.2, -0.15) is 0 Å². The van der Waals surface area contributed by atoms with Crippen molar-refractivity contribution in [1.29, 1.82) is 0 Å². The minimum atomic E-state index is -0.353. The largest absolute Gasteiger partial charge is 0.354 e. The minimum absolute atomic E-state index is 0.0343. The van der Waals surface area contributed by atoms with E-state index in [1.165, 1.54) is 4.68 Å². The van der Waals surface area contributed by atoms with Gasteiger partial charge >= 0.3 is 5.69 Å². The van der Waals surface area contributed by atoms with E-state index >= 15 is 0 Å². The standard InChI is InChI=1S/C21H28N6O3S/c1-12(2)18-23-20-17(13(3)14(4)31-20)19-24-26(21(30)27(18)19)11-15(28)22-8-6-10-25-9-5-7-16(25)29/h12H,5-11H2,1-4H3,(H,22,28). The van der Waals surface area contributed by atoms with Crippen LogP contribution < -0.4 is 11.0 Å². The first-order chi connectivity index (χ1) is 14.8. The quantitative estimate of drug-likeness (QED) is 0.562. The van der Waals surface area contributed by atoms with Gasteiger partial charge in [-0.3, -0.25) is 9.59 Å². The van der Waals surface area contributed by atoms with Gasteiger partial charge in [0, 0.05) is 36.9 Å². The lowest BCUT2D eigenvalue weighted by molar-refractivity contribution is -0.127. The molecule has 3 aromatic rings. The Hall–Kier alpha value is -2.75. The van der Waals surface area contributed by atoms with Gasteiger partial charge < -0.3 is 10.2 Å². The highest BCUT2D eigenvalue weighted by Crippen LogP contribution is 2.32. The first-order valence-corrected chi connectivity index (χ1v) is 11.5. The summed E-state index contributed by atoms with van der Waals surface area (Å²) >= 11 is 1.60. The van der Waals surface area contributed by atoms with Crippen LogP contribution in [0.2, 0.25) is 0 Å². The molecule has 1 N–H and O–H groups in total. The molecule has 2 amide bonds. The van der Waals surface area contributed by atoms with Crippen molar-refractivity contribution < 1.29 is 9.59 Å². The second kappa shape index (κ2) is 8.41. The topological polar surface area (TPSA) is 102 Å². The maximum atomic E-state index is 13.1. The van der Waals surface area contributed by atoms with Crippen LogP contribution in [0.4, 0.5) is 0 Å². The second-order valence-electron chi connectivity index (χ2n) is 8.38. The number of hydrogen-bond acceptors (Lipinski definition) is 6. The number of nitrogens with one attached hydrogen (secondary N) is 1. The molecule has 4 heterocycles. The number of carbonyl (C=O) groups is 2. The number of nitrogens with zero attached hydrogens (tertiary/aromatic N) is 5. The Morgan fingerprint density at radius 3 is 2.71 bits per heavy atom. The molecular weight excluding hydrogens is 416 g/mol. The zero-order valence-electron chi connectivity index (χ0n) is 18.4. The number of hydrogen-bond donors (Lipinski definition) is 1. The van der Waals surface area contributed by atoms with Gasteiger partial charge in [0.1, 0.15) is 17.2 Å². The van der Waals surface area contributed by atoms with Gasteiger partial charge in [-0.25, -0.2) is 18.9 Å². The first kappa shape index (κ1) is 21.5. The summed E-state index contributed by atoms with van der Waals surface area (Å²) < 4.78 is 2.76. The summed E-state index contributed by atoms with van der Waals surface area (Å²) in [5.41, 5.74) is 1.26. The van der Waals surface area contributed by atoms with Gasteiger partial charge in [-0.05, 0) is 32.3 Å². The monoisotopic (exact) mass is 444 g/mol. The van der Waals surface area contributed by atoms with E-state index in [9.17, 15) is 14.4 Å². The number of aromatic nitrogens is 4. The van der Waals surface area contributed by atoms with E-state index in [4.69, 9.17) is 4.98 Å². The molecule has 10 heteroatoms. The third-order valence-electron chi connectivity index (χ3n) is 5.78. The normalized spacial score (nSPS) is 14.5. The average molecular weight is 445 g/mol. The van der Waals surface area contributed by atoms with Crippen LogP contribution in [-0.4, -0.2) is 55.5 Å². The molecule has 4 rings (SSSR count). The molecule has 0 saturated carbocycles. The van der Waals surface area contributed by atoms with E-state index in [-0.39, 0.29) is 30.0 Å². The molecule has 0 atom stereocenters. The smallest absolute Gasteiger partial charge is 0.352 e. The van der Waals surface area contributed by atoms with Gasteiger partial charge in [-0.1, -0.05) is 13.8 Å². The van der Waals surface area contributed by atoms with E-state index < -0.39 is 0 Å². The van der Waals surface area contributed by atoms with E-state index in [1.54, 1.807) is 15.7 Å². The van der Waals surface area contributed by atoms with E-state index in [0.717, 1.165) is 33.6 Å². The first-order valence-electron chi connectivity index (χ1n) is 10.7. The van der Waals surface area contributed by atoms with Gasteiger partial charge in [0.05, 0.1) is 5.39 Å². The summed E-state index contributed by atoms with van der Waals surface area (Å²) in [6.07, 6.45) is 2.21. The molecule has 0 radical (unpaired) electrons. The Bertz CT molecular complexity index is 1220. The number of fused-ring (bicyclic) bond motifs is 3. The molecule has 0 unspecified atom stereocenters. The van der Waals surface area contributed by atoms with Crippen molar-refractivity contribution in [3.05, 3.63) is 26.7 Å². The summed E-state index contributed by atoms with van der Waals surface area (Å²) in [5, 5.41) is 8.22. The predicted octanol–water partition coefficient (Wildman–Crippen LogP) is 1.97. The summed E-state index contributed by atoms with van der Waals surface area (Å²) in [6.45, 7) is 9.76. The third kappa shape index (κ3) is 3.96. The fourth-order valence-electron chi connectivity index (χ4n) is 4.00. The van der Waals surface area contributed by atoms with E-state index in [2.05, 4.69) is 10.4 Å². The number of carbonyl (C=O) groups excluding carboxylic acids is 2. The van der Waals surface area contributed by atoms with E-state index in [1.807, 2.05) is 32.6 Å². The highest BCUT2D eigenvalue weighted by molar-refractivity contribution is 7.18. The Kier molecular flexibility index (Phi) is 5.83. The molecule has 0 aliphatic carbocycles. The third-order valence-corrected chi connectivity index (χ3v) is 6.88. The van der Waals surface area contributed by atoms with Gasteiger partial charge in [-0.15, -0.1) is 16.4 Å². The zero-order valence-corrected chi connectivity index (χ0v) is 19.2. The highest BCUT2D eigenvalue weighted by atomic mass is 32.1. The van der Waals surface area contributed by atoms with Crippen LogP contribution in [0.25, 0.3) is 15.9 Å². The van der Waals surface area contributed by atoms with Crippen LogP contribution in [0.5, 0.6) is 0 Å². The molecule has 1 saturated heterocycles. The van der Waals surface area contributed by atoms with E-state index in [0.29, 0.717) is 37.4 Å². The summed E-state index contributed by atoms with van der Waals surface area (Å²) in [4.78, 5) is 45.8. The SMILES string of the molecule is Cc1sc2nc(C(C)C)n3c(=O)n(CC(=O)NCCCN4CCCC4=O)nc3c2c1C. The fraction of sp³-hybridized carbons (Fsp3) is 0.571. The summed E-state index contributed by atoms with van der Waals surface area (Å²) in [7, 11) is 0. The average Bonchev–Trinajstić information content (AvgIpc) is 3.35. The van der Waals surface area contributed by atoms with Crippen molar-refractivity contribution in [2.45, 2.75) is 59.4 Å². The van der Waals surface area contributed by atoms with Crippen molar-refractivity contribution in [2.24, 2.45) is 0 Å². The lowest BCUT2D eigenvalue weighted by Crippen LogP contribution is -2.35. The number of rotatable bonds is 7. The van der Waals surface area contributed by atoms with Crippen LogP contribution >= 0.6 is 11.3 Å². The van der Waals surface area contributed by atoms with Crippen molar-refractivity contribution in [3.8, 4) is 0 Å². The maximum absolute atomic E-state index is 13.1. The second-order valence-corrected chi connectivity index (χ2v) is 9.58. The van der Waals surface area contributed by atoms with Crippen molar-refractivity contribution >= 4 is 39.0 Å². The molecule has 1 fully saturated rings. The van der Waals surface area contributed by atoms with Crippen LogP contribution in [0.1, 0.15) is 55.3 Å². The Labute approximate surface area is 184 Å². The number of amides is 2. The maximum Gasteiger partial charge on any atom is 0.352 e. The van der Waals surface area contributed by atoms with Gasteiger partial charge in [0.25, 0.3) is 0 Å². The van der Waals surface area contributed by atoms with Crippen molar-refractivity contribution in [3.63, 3.8) is 0 Å². The predicted molar refractivity (Wildman–Crippen MR) is 120 cm³/mol. The lowest BCUT2D eigenvalue weighted by atomic mass is 10.2.